The van der Waals surface area contributed by atoms with Crippen LogP contribution in [0.25, 0.3) is 0 Å². The molecule has 3 N–H and O–H groups in total. The Morgan fingerprint density at radius 1 is 1.35 bits per heavy atom. The van der Waals surface area contributed by atoms with E-state index in [0.29, 0.717) is 0 Å². The summed E-state index contributed by atoms with van der Waals surface area (Å²) in [6.45, 7) is 4.45. The molecule has 14 heteroatoms. The maximum Gasteiger partial charge on any atom is 0.404 e. The molecule has 1 saturated heterocycles. The minimum atomic E-state index is -1.76. The number of carbonyl (C=O) groups is 4. The quantitative estimate of drug-likeness (QED) is 0.222. The van der Waals surface area contributed by atoms with Crippen LogP contribution in [0.1, 0.15) is 26.5 Å². The highest BCUT2D eigenvalue weighted by molar-refractivity contribution is 7.86. The average Bonchev–Trinajstić information content (AvgIpc) is 3.26. The van der Waals surface area contributed by atoms with Gasteiger partial charge in [0.25, 0.3) is 11.8 Å². The minimum absolute atomic E-state index is 0.0907. The SMILES string of the molecule is CON=C(C(=O)N[C@@H]1C(=O)N2C(C(=O)OC(C)(C)C)=C(COC(N)=O)C[S@@](=O)[C@H]12)c1ccco1. The summed E-state index contributed by atoms with van der Waals surface area (Å²) in [6.07, 6.45) is 0.222. The first-order valence-electron chi connectivity index (χ1n) is 9.98. The van der Waals surface area contributed by atoms with Crippen LogP contribution >= 0.6 is 0 Å². The Morgan fingerprint density at radius 2 is 2.06 bits per heavy atom. The van der Waals surface area contributed by atoms with Gasteiger partial charge in [-0.05, 0) is 32.9 Å². The Kier molecular flexibility index (Phi) is 7.09. The fourth-order valence-corrected chi connectivity index (χ4v) is 5.02. The summed E-state index contributed by atoms with van der Waals surface area (Å²) in [5.41, 5.74) is 3.78. The molecular weight excluding hydrogens is 472 g/mol. The first-order chi connectivity index (χ1) is 15.9. The van der Waals surface area contributed by atoms with Gasteiger partial charge in [0.1, 0.15) is 36.4 Å². The standard InChI is InChI=1S/C20H24N4O9S/c1-20(2,3)33-18(27)14-10(8-32-19(21)28)9-34(29)17-13(16(26)24(14)17)22-15(25)12(23-30-4)11-6-5-7-31-11/h5-7,13,17H,8-9H2,1-4H3,(H2,21,28)(H,22,25)/t13-,17-,34-/m1/s1. The third kappa shape index (κ3) is 5.11. The second-order valence-electron chi connectivity index (χ2n) is 8.24. The molecule has 13 nitrogen and oxygen atoms in total. The molecule has 34 heavy (non-hydrogen) atoms. The summed E-state index contributed by atoms with van der Waals surface area (Å²) in [7, 11) is -0.524. The maximum atomic E-state index is 13.0. The Bertz CT molecular complexity index is 1090. The molecule has 1 aromatic heterocycles. The van der Waals surface area contributed by atoms with Crippen molar-refractivity contribution in [1.29, 1.82) is 0 Å². The van der Waals surface area contributed by atoms with Crippen molar-refractivity contribution < 1.29 is 42.1 Å². The van der Waals surface area contributed by atoms with E-state index in [0.717, 1.165) is 4.90 Å². The van der Waals surface area contributed by atoms with Gasteiger partial charge in [-0.3, -0.25) is 18.7 Å². The molecule has 0 spiro atoms. The van der Waals surface area contributed by atoms with Gasteiger partial charge in [-0.2, -0.15) is 0 Å². The van der Waals surface area contributed by atoms with Crippen molar-refractivity contribution in [2.45, 2.75) is 37.8 Å². The number of furan rings is 1. The molecule has 0 aliphatic carbocycles. The first-order valence-corrected chi connectivity index (χ1v) is 11.4. The number of primary amides is 1. The van der Waals surface area contributed by atoms with E-state index >= 15 is 0 Å². The number of amides is 3. The lowest BCUT2D eigenvalue weighted by molar-refractivity contribution is -0.159. The zero-order chi connectivity index (χ0) is 25.2. The number of rotatable bonds is 7. The second kappa shape index (κ2) is 9.67. The molecule has 1 aromatic rings. The van der Waals surface area contributed by atoms with Gasteiger partial charge in [-0.15, -0.1) is 0 Å². The molecule has 3 amide bonds. The van der Waals surface area contributed by atoms with Gasteiger partial charge in [0, 0.05) is 5.57 Å². The van der Waals surface area contributed by atoms with E-state index in [1.807, 2.05) is 0 Å². The summed E-state index contributed by atoms with van der Waals surface area (Å²) < 4.78 is 28.3. The summed E-state index contributed by atoms with van der Waals surface area (Å²) >= 11 is 0. The van der Waals surface area contributed by atoms with Gasteiger partial charge in [-0.1, -0.05) is 5.16 Å². The molecule has 0 saturated carbocycles. The zero-order valence-corrected chi connectivity index (χ0v) is 19.7. The number of hydrogen-bond donors (Lipinski definition) is 2. The molecule has 2 aliphatic heterocycles. The van der Waals surface area contributed by atoms with Crippen LogP contribution in [-0.2, 0) is 39.5 Å². The Labute approximate surface area is 196 Å². The summed E-state index contributed by atoms with van der Waals surface area (Å²) in [4.78, 5) is 55.4. The van der Waals surface area contributed by atoms with Gasteiger partial charge in [0.05, 0.1) is 22.8 Å². The van der Waals surface area contributed by atoms with Crippen LogP contribution in [0.2, 0.25) is 0 Å². The largest absolute Gasteiger partial charge is 0.462 e. The van der Waals surface area contributed by atoms with Crippen molar-refractivity contribution >= 4 is 40.4 Å². The lowest BCUT2D eigenvalue weighted by Crippen LogP contribution is -2.74. The van der Waals surface area contributed by atoms with Crippen LogP contribution in [0.15, 0.2) is 39.2 Å². The Balaban J connectivity index is 1.89. The highest BCUT2D eigenvalue weighted by Crippen LogP contribution is 2.36. The molecule has 0 radical (unpaired) electrons. The number of nitrogens with one attached hydrogen (secondary N) is 1. The number of β-lactam (4-membered cyclic amide) rings is 1. The van der Waals surface area contributed by atoms with Crippen LogP contribution in [-0.4, -0.2) is 75.2 Å². The van der Waals surface area contributed by atoms with Crippen LogP contribution in [0.4, 0.5) is 4.79 Å². The Morgan fingerprint density at radius 3 is 2.62 bits per heavy atom. The molecule has 3 heterocycles. The van der Waals surface area contributed by atoms with Gasteiger partial charge in [0.15, 0.2) is 5.76 Å². The lowest BCUT2D eigenvalue weighted by Gasteiger charge is -2.49. The van der Waals surface area contributed by atoms with E-state index in [1.165, 1.54) is 25.5 Å². The number of esters is 1. The third-order valence-corrected chi connectivity index (χ3v) is 6.28. The number of hydrogen-bond acceptors (Lipinski definition) is 10. The van der Waals surface area contributed by atoms with E-state index < -0.39 is 58.3 Å². The average molecular weight is 496 g/mol. The van der Waals surface area contributed by atoms with E-state index in [4.69, 9.17) is 19.6 Å². The molecule has 1 fully saturated rings. The van der Waals surface area contributed by atoms with Crippen molar-refractivity contribution in [2.75, 3.05) is 19.5 Å². The predicted molar refractivity (Wildman–Crippen MR) is 116 cm³/mol. The maximum absolute atomic E-state index is 13.0. The third-order valence-electron chi connectivity index (χ3n) is 4.62. The van der Waals surface area contributed by atoms with E-state index in [2.05, 4.69) is 15.3 Å². The molecule has 3 atom stereocenters. The highest BCUT2D eigenvalue weighted by Gasteiger charge is 2.58. The number of carbonyl (C=O) groups excluding carboxylic acids is 4. The number of nitrogens with zero attached hydrogens (tertiary/aromatic N) is 2. The van der Waals surface area contributed by atoms with Crippen molar-refractivity contribution in [3.8, 4) is 0 Å². The summed E-state index contributed by atoms with van der Waals surface area (Å²) in [6, 6.07) is 1.79. The number of ether oxygens (including phenoxy) is 2. The molecule has 3 rings (SSSR count). The number of fused-ring (bicyclic) bond motifs is 1. The molecular formula is C20H24N4O9S. The second-order valence-corrected chi connectivity index (χ2v) is 9.77. The van der Waals surface area contributed by atoms with Crippen LogP contribution in [0.3, 0.4) is 0 Å². The first kappa shape index (κ1) is 25.0. The number of oxime groups is 1. The normalized spacial score (nSPS) is 22.5. The van der Waals surface area contributed by atoms with Gasteiger partial charge in [0.2, 0.25) is 5.71 Å². The van der Waals surface area contributed by atoms with Crippen molar-refractivity contribution in [1.82, 2.24) is 10.2 Å². The van der Waals surface area contributed by atoms with Crippen LogP contribution in [0.5, 0.6) is 0 Å². The fourth-order valence-electron chi connectivity index (χ4n) is 3.35. The van der Waals surface area contributed by atoms with E-state index in [1.54, 1.807) is 20.8 Å². The summed E-state index contributed by atoms with van der Waals surface area (Å²) in [5.74, 6) is -2.50. The van der Waals surface area contributed by atoms with Gasteiger partial charge < -0.3 is 29.8 Å². The molecule has 0 aromatic carbocycles. The highest BCUT2D eigenvalue weighted by atomic mass is 32.2. The predicted octanol–water partition coefficient (Wildman–Crippen LogP) is -0.263. The van der Waals surface area contributed by atoms with Gasteiger partial charge >= 0.3 is 12.1 Å². The zero-order valence-electron chi connectivity index (χ0n) is 18.9. The molecule has 0 unspecified atom stereocenters. The van der Waals surface area contributed by atoms with Crippen molar-refractivity contribution in [2.24, 2.45) is 10.9 Å². The van der Waals surface area contributed by atoms with E-state index in [9.17, 15) is 23.4 Å². The summed E-state index contributed by atoms with van der Waals surface area (Å²) in [5, 5.41) is 5.04. The van der Waals surface area contributed by atoms with Crippen molar-refractivity contribution in [3.05, 3.63) is 35.4 Å². The van der Waals surface area contributed by atoms with E-state index in [-0.39, 0.29) is 28.5 Å². The number of nitrogens with two attached hydrogens (primary N) is 1. The van der Waals surface area contributed by atoms with Crippen molar-refractivity contribution in [3.63, 3.8) is 0 Å². The molecule has 0 bridgehead atoms. The van der Waals surface area contributed by atoms with Crippen LogP contribution in [0, 0.1) is 0 Å². The smallest absolute Gasteiger partial charge is 0.404 e. The molecule has 2 aliphatic rings. The lowest BCUT2D eigenvalue weighted by atomic mass is 10.0. The van der Waals surface area contributed by atoms with Crippen LogP contribution < -0.4 is 11.1 Å². The van der Waals surface area contributed by atoms with Gasteiger partial charge in [-0.25, -0.2) is 9.59 Å². The Hall–Kier alpha value is -3.68. The molecule has 184 valence electrons. The monoisotopic (exact) mass is 496 g/mol. The minimum Gasteiger partial charge on any atom is -0.462 e. The fraction of sp³-hybridized carbons (Fsp3) is 0.450. The topological polar surface area (TPSA) is 180 Å².